The highest BCUT2D eigenvalue weighted by Gasteiger charge is 2.22. The van der Waals surface area contributed by atoms with Gasteiger partial charge in [-0.25, -0.2) is 4.79 Å². The minimum Gasteiger partial charge on any atom is -0.461 e. The van der Waals surface area contributed by atoms with E-state index in [1.165, 1.54) is 6.08 Å². The number of hydrogen-bond donors (Lipinski definition) is 1. The van der Waals surface area contributed by atoms with Crippen LogP contribution in [0.25, 0.3) is 22.5 Å². The summed E-state index contributed by atoms with van der Waals surface area (Å²) in [6.07, 6.45) is 2.91. The van der Waals surface area contributed by atoms with Gasteiger partial charge >= 0.3 is 5.97 Å². The van der Waals surface area contributed by atoms with Gasteiger partial charge in [0.15, 0.2) is 5.69 Å². The van der Waals surface area contributed by atoms with E-state index in [1.807, 2.05) is 6.07 Å². The fourth-order valence-corrected chi connectivity index (χ4v) is 4.30. The number of thiophene rings is 1. The summed E-state index contributed by atoms with van der Waals surface area (Å²) in [5, 5.41) is 9.92. The highest BCUT2D eigenvalue weighted by atomic mass is 35.5. The average molecular weight is 480 g/mol. The van der Waals surface area contributed by atoms with Gasteiger partial charge in [-0.05, 0) is 36.8 Å². The number of amides is 1. The quantitative estimate of drug-likeness (QED) is 0.313. The third-order valence-corrected chi connectivity index (χ3v) is 5.92. The second kappa shape index (κ2) is 9.81. The molecule has 0 radical (unpaired) electrons. The number of benzene rings is 2. The third-order valence-electron chi connectivity index (χ3n) is 4.68. The van der Waals surface area contributed by atoms with E-state index in [4.69, 9.17) is 16.3 Å². The number of anilines is 1. The number of nitrogens with zero attached hydrogens (tertiary/aromatic N) is 2. The Hall–Kier alpha value is -3.75. The maximum atomic E-state index is 13.3. The molecule has 9 heteroatoms. The Labute approximate surface area is 197 Å². The number of nitrogens with one attached hydrogen (secondary N) is 1. The summed E-state index contributed by atoms with van der Waals surface area (Å²) < 4.78 is 6.27. The van der Waals surface area contributed by atoms with E-state index >= 15 is 0 Å². The molecule has 4 aromatic rings. The molecular formula is C24H18ClN3O4S. The van der Waals surface area contributed by atoms with Crippen LogP contribution in [0.2, 0.25) is 5.02 Å². The van der Waals surface area contributed by atoms with Crippen LogP contribution in [0.1, 0.15) is 23.0 Å². The van der Waals surface area contributed by atoms with E-state index < -0.39 is 17.4 Å². The molecule has 4 rings (SSSR count). The maximum Gasteiger partial charge on any atom is 0.359 e. The first kappa shape index (κ1) is 22.4. The number of carbonyl (C=O) groups is 2. The molecule has 0 fully saturated rings. The SMILES string of the molecule is CCOC(=O)c1nn(-c2ccccc2)c(=O)c2c(NC(=O)/C=C/c3ccccc3Cl)scc12. The van der Waals surface area contributed by atoms with Crippen molar-refractivity contribution >= 4 is 56.7 Å². The molecule has 0 saturated carbocycles. The van der Waals surface area contributed by atoms with Gasteiger partial charge < -0.3 is 10.1 Å². The van der Waals surface area contributed by atoms with Crippen LogP contribution >= 0.6 is 22.9 Å². The third kappa shape index (κ3) is 4.72. The zero-order chi connectivity index (χ0) is 23.4. The van der Waals surface area contributed by atoms with Crippen molar-refractivity contribution in [3.63, 3.8) is 0 Å². The molecule has 2 aromatic heterocycles. The van der Waals surface area contributed by atoms with Crippen molar-refractivity contribution < 1.29 is 14.3 Å². The Kier molecular flexibility index (Phi) is 6.67. The van der Waals surface area contributed by atoms with Gasteiger partial charge in [-0.2, -0.15) is 9.78 Å². The average Bonchev–Trinajstić information content (AvgIpc) is 3.23. The molecule has 1 amide bonds. The number of fused-ring (bicyclic) bond motifs is 1. The van der Waals surface area contributed by atoms with Gasteiger partial charge in [-0.1, -0.05) is 48.0 Å². The first-order valence-corrected chi connectivity index (χ1v) is 11.3. The summed E-state index contributed by atoms with van der Waals surface area (Å²) in [5.41, 5.74) is 0.706. The van der Waals surface area contributed by atoms with Crippen molar-refractivity contribution in [3.05, 3.63) is 92.7 Å². The Morgan fingerprint density at radius 2 is 1.88 bits per heavy atom. The van der Waals surface area contributed by atoms with E-state index in [-0.39, 0.29) is 17.7 Å². The second-order valence-electron chi connectivity index (χ2n) is 6.82. The number of aromatic nitrogens is 2. The van der Waals surface area contributed by atoms with Gasteiger partial charge in [0.2, 0.25) is 5.91 Å². The summed E-state index contributed by atoms with van der Waals surface area (Å²) >= 11 is 7.25. The molecular weight excluding hydrogens is 462 g/mol. The lowest BCUT2D eigenvalue weighted by atomic mass is 10.2. The fraction of sp³-hybridized carbons (Fsp3) is 0.0833. The molecule has 166 valence electrons. The van der Waals surface area contributed by atoms with Crippen LogP contribution in [-0.4, -0.2) is 28.3 Å². The highest BCUT2D eigenvalue weighted by Crippen LogP contribution is 2.30. The number of para-hydroxylation sites is 1. The largest absolute Gasteiger partial charge is 0.461 e. The van der Waals surface area contributed by atoms with Gasteiger partial charge in [-0.15, -0.1) is 11.3 Å². The summed E-state index contributed by atoms with van der Waals surface area (Å²) in [7, 11) is 0. The smallest absolute Gasteiger partial charge is 0.359 e. The predicted molar refractivity (Wildman–Crippen MR) is 130 cm³/mol. The number of rotatable bonds is 6. The zero-order valence-corrected chi connectivity index (χ0v) is 19.0. The topological polar surface area (TPSA) is 90.3 Å². The molecule has 33 heavy (non-hydrogen) atoms. The van der Waals surface area contributed by atoms with Crippen LogP contribution in [-0.2, 0) is 9.53 Å². The first-order chi connectivity index (χ1) is 16.0. The second-order valence-corrected chi connectivity index (χ2v) is 8.11. The van der Waals surface area contributed by atoms with Gasteiger partial charge in [0.25, 0.3) is 5.56 Å². The normalized spacial score (nSPS) is 11.1. The first-order valence-electron chi connectivity index (χ1n) is 10.00. The summed E-state index contributed by atoms with van der Waals surface area (Å²) in [6, 6.07) is 15.8. The molecule has 0 atom stereocenters. The molecule has 2 aromatic carbocycles. The van der Waals surface area contributed by atoms with Crippen LogP contribution in [0.3, 0.4) is 0 Å². The lowest BCUT2D eigenvalue weighted by molar-refractivity contribution is -0.111. The summed E-state index contributed by atoms with van der Waals surface area (Å²) in [6.45, 7) is 1.85. The molecule has 0 spiro atoms. The number of halogens is 1. The van der Waals surface area contributed by atoms with Gasteiger partial charge in [0.1, 0.15) is 5.00 Å². The van der Waals surface area contributed by atoms with Gasteiger partial charge in [0, 0.05) is 21.9 Å². The van der Waals surface area contributed by atoms with Crippen LogP contribution in [0.4, 0.5) is 5.00 Å². The Morgan fingerprint density at radius 1 is 1.15 bits per heavy atom. The number of hydrogen-bond acceptors (Lipinski definition) is 6. The van der Waals surface area contributed by atoms with Crippen LogP contribution in [0.5, 0.6) is 0 Å². The molecule has 2 heterocycles. The summed E-state index contributed by atoms with van der Waals surface area (Å²) in [5.74, 6) is -1.10. The molecule has 0 aliphatic carbocycles. The van der Waals surface area contributed by atoms with Crippen molar-refractivity contribution in [2.24, 2.45) is 0 Å². The van der Waals surface area contributed by atoms with Crippen LogP contribution in [0.15, 0.2) is 70.8 Å². The van der Waals surface area contributed by atoms with Crippen molar-refractivity contribution in [2.45, 2.75) is 6.92 Å². The number of carbonyl (C=O) groups excluding carboxylic acids is 2. The van der Waals surface area contributed by atoms with E-state index in [9.17, 15) is 14.4 Å². The van der Waals surface area contributed by atoms with E-state index in [0.717, 1.165) is 16.0 Å². The maximum absolute atomic E-state index is 13.3. The van der Waals surface area contributed by atoms with Gasteiger partial charge in [0.05, 0.1) is 17.7 Å². The summed E-state index contributed by atoms with van der Waals surface area (Å²) in [4.78, 5) is 38.5. The number of esters is 1. The van der Waals surface area contributed by atoms with E-state index in [2.05, 4.69) is 10.4 Å². The standard InChI is InChI=1S/C24H18ClN3O4S/c1-2-32-24(31)21-17-14-33-22(26-19(29)13-12-15-8-6-7-11-18(15)25)20(17)23(30)28(27-21)16-9-4-3-5-10-16/h3-14H,2H2,1H3,(H,26,29)/b13-12+. The number of ether oxygens (including phenoxy) is 1. The van der Waals surface area contributed by atoms with Crippen molar-refractivity contribution in [1.82, 2.24) is 9.78 Å². The Morgan fingerprint density at radius 3 is 2.61 bits per heavy atom. The van der Waals surface area contributed by atoms with Crippen molar-refractivity contribution in [3.8, 4) is 5.69 Å². The molecule has 7 nitrogen and oxygen atoms in total. The molecule has 0 saturated heterocycles. The monoisotopic (exact) mass is 479 g/mol. The van der Waals surface area contributed by atoms with Crippen molar-refractivity contribution in [2.75, 3.05) is 11.9 Å². The van der Waals surface area contributed by atoms with E-state index in [1.54, 1.807) is 66.9 Å². The molecule has 0 unspecified atom stereocenters. The predicted octanol–water partition coefficient (Wildman–Crippen LogP) is 4.93. The van der Waals surface area contributed by atoms with Crippen LogP contribution < -0.4 is 10.9 Å². The van der Waals surface area contributed by atoms with Crippen LogP contribution in [0, 0.1) is 0 Å². The lowest BCUT2D eigenvalue weighted by Crippen LogP contribution is -2.25. The zero-order valence-electron chi connectivity index (χ0n) is 17.4. The van der Waals surface area contributed by atoms with Crippen molar-refractivity contribution in [1.29, 1.82) is 0 Å². The lowest BCUT2D eigenvalue weighted by Gasteiger charge is -2.09. The minimum atomic E-state index is -0.651. The fourth-order valence-electron chi connectivity index (χ4n) is 3.17. The minimum absolute atomic E-state index is 0.00124. The van der Waals surface area contributed by atoms with Gasteiger partial charge in [-0.3, -0.25) is 9.59 Å². The molecule has 0 bridgehead atoms. The van der Waals surface area contributed by atoms with E-state index in [0.29, 0.717) is 26.7 Å². The molecule has 1 N–H and O–H groups in total. The Balaban J connectivity index is 1.77. The molecule has 0 aliphatic heterocycles. The highest BCUT2D eigenvalue weighted by molar-refractivity contribution is 7.16. The molecule has 0 aliphatic rings. The Bertz CT molecular complexity index is 1430.